The number of carbonyl (C=O) groups excluding carboxylic acids is 1. The van der Waals surface area contributed by atoms with Crippen LogP contribution in [0.5, 0.6) is 5.75 Å². The van der Waals surface area contributed by atoms with E-state index in [1.54, 1.807) is 30.3 Å². The highest BCUT2D eigenvalue weighted by Gasteiger charge is 2.12. The molecule has 0 radical (unpaired) electrons. The summed E-state index contributed by atoms with van der Waals surface area (Å²) in [6.07, 6.45) is 4.54. The number of halogens is 1. The van der Waals surface area contributed by atoms with E-state index in [9.17, 15) is 9.18 Å². The number of amides is 1. The standard InChI is InChI=1S/C22H24FN3O2/c1-25(22(27)11-9-17-8-10-21(28-2)20(23)12-17)14-19-13-24-26(16-19)15-18-6-4-3-5-7-18/h3-8,10,12-13,16H,9,11,14-15H2,1-2H3. The Morgan fingerprint density at radius 2 is 1.93 bits per heavy atom. The molecule has 5 nitrogen and oxygen atoms in total. The van der Waals surface area contributed by atoms with Crippen LogP contribution >= 0.6 is 0 Å². The first-order valence-electron chi connectivity index (χ1n) is 9.17. The SMILES string of the molecule is COc1ccc(CCC(=O)N(C)Cc2cnn(Cc3ccccc3)c2)cc1F. The second-order valence-corrected chi connectivity index (χ2v) is 6.75. The molecule has 1 heterocycles. The van der Waals surface area contributed by atoms with Gasteiger partial charge in [0.2, 0.25) is 5.91 Å². The Kier molecular flexibility index (Phi) is 6.42. The maximum absolute atomic E-state index is 13.7. The van der Waals surface area contributed by atoms with Crippen molar-refractivity contribution in [2.75, 3.05) is 14.2 Å². The summed E-state index contributed by atoms with van der Waals surface area (Å²) in [5.41, 5.74) is 2.92. The summed E-state index contributed by atoms with van der Waals surface area (Å²) in [6, 6.07) is 14.9. The van der Waals surface area contributed by atoms with Gasteiger partial charge in [0.05, 0.1) is 19.9 Å². The minimum absolute atomic E-state index is 0.00651. The van der Waals surface area contributed by atoms with Gasteiger partial charge < -0.3 is 9.64 Å². The molecule has 0 aliphatic carbocycles. The molecule has 28 heavy (non-hydrogen) atoms. The number of aromatic nitrogens is 2. The van der Waals surface area contributed by atoms with E-state index in [0.29, 0.717) is 25.9 Å². The molecule has 0 fully saturated rings. The highest BCUT2D eigenvalue weighted by Crippen LogP contribution is 2.18. The minimum atomic E-state index is -0.411. The van der Waals surface area contributed by atoms with Gasteiger partial charge in [-0.15, -0.1) is 0 Å². The summed E-state index contributed by atoms with van der Waals surface area (Å²) in [4.78, 5) is 14.1. The van der Waals surface area contributed by atoms with Crippen molar-refractivity contribution >= 4 is 5.91 Å². The number of nitrogens with zero attached hydrogens (tertiary/aromatic N) is 3. The molecule has 0 atom stereocenters. The van der Waals surface area contributed by atoms with Crippen molar-refractivity contribution in [1.29, 1.82) is 0 Å². The molecule has 3 rings (SSSR count). The molecule has 0 bridgehead atoms. The highest BCUT2D eigenvalue weighted by molar-refractivity contribution is 5.76. The van der Waals surface area contributed by atoms with Gasteiger partial charge in [0.1, 0.15) is 0 Å². The zero-order valence-corrected chi connectivity index (χ0v) is 16.1. The first-order chi connectivity index (χ1) is 13.5. The molecular weight excluding hydrogens is 357 g/mol. The molecule has 0 aliphatic heterocycles. The Hall–Kier alpha value is -3.15. The third-order valence-electron chi connectivity index (χ3n) is 4.56. The molecule has 0 N–H and O–H groups in total. The number of hydrogen-bond donors (Lipinski definition) is 0. The van der Waals surface area contributed by atoms with Crippen LogP contribution in [0, 0.1) is 5.82 Å². The van der Waals surface area contributed by atoms with Gasteiger partial charge in [0, 0.05) is 31.8 Å². The quantitative estimate of drug-likeness (QED) is 0.598. The normalized spacial score (nSPS) is 10.7. The van der Waals surface area contributed by atoms with Crippen molar-refractivity contribution < 1.29 is 13.9 Å². The van der Waals surface area contributed by atoms with Crippen LogP contribution in [0.15, 0.2) is 60.9 Å². The molecule has 0 saturated heterocycles. The number of methoxy groups -OCH3 is 1. The van der Waals surface area contributed by atoms with Gasteiger partial charge in [-0.2, -0.15) is 5.10 Å². The fourth-order valence-corrected chi connectivity index (χ4v) is 3.01. The summed E-state index contributed by atoms with van der Waals surface area (Å²) in [5.74, 6) is -0.196. The zero-order chi connectivity index (χ0) is 19.9. The second kappa shape index (κ2) is 9.17. The number of ether oxygens (including phenoxy) is 1. The van der Waals surface area contributed by atoms with Crippen molar-refractivity contribution in [3.63, 3.8) is 0 Å². The van der Waals surface area contributed by atoms with Gasteiger partial charge in [-0.25, -0.2) is 4.39 Å². The third kappa shape index (κ3) is 5.19. The van der Waals surface area contributed by atoms with Gasteiger partial charge in [0.25, 0.3) is 0 Å². The van der Waals surface area contributed by atoms with Gasteiger partial charge in [-0.3, -0.25) is 9.48 Å². The van der Waals surface area contributed by atoms with Gasteiger partial charge in [-0.1, -0.05) is 36.4 Å². The lowest BCUT2D eigenvalue weighted by atomic mass is 10.1. The molecule has 0 unspecified atom stereocenters. The smallest absolute Gasteiger partial charge is 0.222 e. The van der Waals surface area contributed by atoms with E-state index in [4.69, 9.17) is 4.74 Å². The van der Waals surface area contributed by atoms with E-state index in [2.05, 4.69) is 17.2 Å². The fourth-order valence-electron chi connectivity index (χ4n) is 3.01. The van der Waals surface area contributed by atoms with Crippen LogP contribution in [0.3, 0.4) is 0 Å². The maximum atomic E-state index is 13.7. The number of carbonyl (C=O) groups is 1. The summed E-state index contributed by atoms with van der Waals surface area (Å²) >= 11 is 0. The first-order valence-corrected chi connectivity index (χ1v) is 9.17. The Balaban J connectivity index is 1.51. The molecule has 2 aromatic carbocycles. The zero-order valence-electron chi connectivity index (χ0n) is 16.1. The average molecular weight is 381 g/mol. The van der Waals surface area contributed by atoms with Crippen LogP contribution < -0.4 is 4.74 Å². The van der Waals surface area contributed by atoms with Crippen LogP contribution in [0.25, 0.3) is 0 Å². The van der Waals surface area contributed by atoms with Crippen molar-refractivity contribution in [1.82, 2.24) is 14.7 Å². The third-order valence-corrected chi connectivity index (χ3v) is 4.56. The molecule has 3 aromatic rings. The predicted molar refractivity (Wildman–Crippen MR) is 106 cm³/mol. The molecule has 1 amide bonds. The van der Waals surface area contributed by atoms with E-state index >= 15 is 0 Å². The van der Waals surface area contributed by atoms with E-state index in [0.717, 1.165) is 11.1 Å². The lowest BCUT2D eigenvalue weighted by Gasteiger charge is -2.16. The second-order valence-electron chi connectivity index (χ2n) is 6.75. The molecule has 0 aliphatic rings. The van der Waals surface area contributed by atoms with Crippen LogP contribution in [0.1, 0.15) is 23.1 Å². The van der Waals surface area contributed by atoms with E-state index in [1.165, 1.54) is 18.7 Å². The minimum Gasteiger partial charge on any atom is -0.494 e. The number of aryl methyl sites for hydroxylation is 1. The van der Waals surface area contributed by atoms with E-state index < -0.39 is 5.82 Å². The van der Waals surface area contributed by atoms with Crippen molar-refractivity contribution in [2.45, 2.75) is 25.9 Å². The molecule has 6 heteroatoms. The number of hydrogen-bond acceptors (Lipinski definition) is 3. The van der Waals surface area contributed by atoms with Crippen LogP contribution in [0.4, 0.5) is 4.39 Å². The summed E-state index contributed by atoms with van der Waals surface area (Å²) in [7, 11) is 3.20. The van der Waals surface area contributed by atoms with E-state index in [1.807, 2.05) is 29.1 Å². The summed E-state index contributed by atoms with van der Waals surface area (Å²) < 4.78 is 20.5. The average Bonchev–Trinajstić information content (AvgIpc) is 3.13. The Morgan fingerprint density at radius 3 is 2.64 bits per heavy atom. The van der Waals surface area contributed by atoms with Crippen LogP contribution in [-0.2, 0) is 24.3 Å². The molecule has 1 aromatic heterocycles. The Bertz CT molecular complexity index is 925. The van der Waals surface area contributed by atoms with Crippen molar-refractivity contribution in [3.05, 3.63) is 83.4 Å². The van der Waals surface area contributed by atoms with Gasteiger partial charge in [-0.05, 0) is 29.7 Å². The maximum Gasteiger partial charge on any atom is 0.222 e. The molecular formula is C22H24FN3O2. The van der Waals surface area contributed by atoms with Crippen molar-refractivity contribution in [2.24, 2.45) is 0 Å². The van der Waals surface area contributed by atoms with Crippen LogP contribution in [-0.4, -0.2) is 34.7 Å². The Morgan fingerprint density at radius 1 is 1.14 bits per heavy atom. The first kappa shape index (κ1) is 19.6. The molecule has 0 saturated carbocycles. The van der Waals surface area contributed by atoms with Gasteiger partial charge >= 0.3 is 0 Å². The molecule has 146 valence electrons. The monoisotopic (exact) mass is 381 g/mol. The summed E-state index contributed by atoms with van der Waals surface area (Å²) in [6.45, 7) is 1.19. The largest absolute Gasteiger partial charge is 0.494 e. The fraction of sp³-hybridized carbons (Fsp3) is 0.273. The lowest BCUT2D eigenvalue weighted by Crippen LogP contribution is -2.26. The van der Waals surface area contributed by atoms with Crippen LogP contribution in [0.2, 0.25) is 0 Å². The number of benzene rings is 2. The molecule has 0 spiro atoms. The topological polar surface area (TPSA) is 47.4 Å². The summed E-state index contributed by atoms with van der Waals surface area (Å²) in [5, 5.41) is 4.37. The lowest BCUT2D eigenvalue weighted by molar-refractivity contribution is -0.130. The predicted octanol–water partition coefficient (Wildman–Crippen LogP) is 3.67. The highest BCUT2D eigenvalue weighted by atomic mass is 19.1. The van der Waals surface area contributed by atoms with Gasteiger partial charge in [0.15, 0.2) is 11.6 Å². The number of rotatable bonds is 8. The van der Waals surface area contributed by atoms with Crippen molar-refractivity contribution in [3.8, 4) is 5.75 Å². The van der Waals surface area contributed by atoms with E-state index in [-0.39, 0.29) is 11.7 Å². The Labute approximate surface area is 164 Å².